The highest BCUT2D eigenvalue weighted by molar-refractivity contribution is 5.75. The van der Waals surface area contributed by atoms with Gasteiger partial charge in [0.05, 0.1) is 24.8 Å². The van der Waals surface area contributed by atoms with Gasteiger partial charge in [0.15, 0.2) is 5.82 Å². The molecule has 1 aromatic carbocycles. The van der Waals surface area contributed by atoms with Crippen LogP contribution < -0.4 is 15.0 Å². The van der Waals surface area contributed by atoms with Crippen LogP contribution >= 0.6 is 0 Å². The number of nitrogens with one attached hydrogen (secondary N) is 2. The van der Waals surface area contributed by atoms with E-state index in [9.17, 15) is 4.39 Å². The second-order valence-electron chi connectivity index (χ2n) is 9.83. The summed E-state index contributed by atoms with van der Waals surface area (Å²) in [6, 6.07) is 7.27. The smallest absolute Gasteiger partial charge is 0.151 e. The third-order valence-corrected chi connectivity index (χ3v) is 6.07. The SMILES string of the molecule is COc1cc(F)c(-c2c[nH]cn2)cc1-c1ccc(N(C)C2CC(C)(C)NC(C)(C)C2)nn1. The van der Waals surface area contributed by atoms with Crippen LogP contribution in [0.1, 0.15) is 40.5 Å². The number of aromatic nitrogens is 4. The number of hydrogen-bond acceptors (Lipinski definition) is 6. The van der Waals surface area contributed by atoms with Crippen LogP contribution in [0.4, 0.5) is 10.2 Å². The molecule has 0 aliphatic carbocycles. The van der Waals surface area contributed by atoms with Crippen molar-refractivity contribution in [2.24, 2.45) is 0 Å². The Balaban J connectivity index is 1.63. The molecule has 0 atom stereocenters. The van der Waals surface area contributed by atoms with Gasteiger partial charge in [-0.1, -0.05) is 0 Å². The van der Waals surface area contributed by atoms with Gasteiger partial charge in [0, 0.05) is 47.6 Å². The molecule has 0 unspecified atom stereocenters. The summed E-state index contributed by atoms with van der Waals surface area (Å²) in [5.41, 5.74) is 2.26. The van der Waals surface area contributed by atoms with Crippen molar-refractivity contribution in [2.75, 3.05) is 19.1 Å². The number of halogens is 1. The van der Waals surface area contributed by atoms with E-state index < -0.39 is 5.82 Å². The van der Waals surface area contributed by atoms with E-state index in [1.54, 1.807) is 12.3 Å². The monoisotopic (exact) mass is 438 g/mol. The predicted molar refractivity (Wildman–Crippen MR) is 124 cm³/mol. The summed E-state index contributed by atoms with van der Waals surface area (Å²) in [6.45, 7) is 8.95. The third kappa shape index (κ3) is 4.46. The van der Waals surface area contributed by atoms with Crippen LogP contribution in [-0.4, -0.2) is 51.4 Å². The number of piperidine rings is 1. The van der Waals surface area contributed by atoms with Crippen molar-refractivity contribution in [1.82, 2.24) is 25.5 Å². The van der Waals surface area contributed by atoms with E-state index in [0.29, 0.717) is 34.3 Å². The minimum atomic E-state index is -0.404. The van der Waals surface area contributed by atoms with Crippen LogP contribution in [0.25, 0.3) is 22.5 Å². The molecule has 1 aliphatic rings. The number of benzene rings is 1. The van der Waals surface area contributed by atoms with Crippen LogP contribution in [0, 0.1) is 5.82 Å². The van der Waals surface area contributed by atoms with E-state index in [1.165, 1.54) is 19.5 Å². The lowest BCUT2D eigenvalue weighted by Gasteiger charge is -2.49. The van der Waals surface area contributed by atoms with E-state index in [2.05, 4.69) is 65.1 Å². The molecule has 1 aliphatic heterocycles. The largest absolute Gasteiger partial charge is 0.496 e. The number of anilines is 1. The van der Waals surface area contributed by atoms with Crippen LogP contribution in [0.5, 0.6) is 5.75 Å². The first-order chi connectivity index (χ1) is 15.1. The van der Waals surface area contributed by atoms with Crippen molar-refractivity contribution in [2.45, 2.75) is 57.7 Å². The van der Waals surface area contributed by atoms with Crippen LogP contribution in [-0.2, 0) is 0 Å². The van der Waals surface area contributed by atoms with Gasteiger partial charge in [0.25, 0.3) is 0 Å². The lowest BCUT2D eigenvalue weighted by molar-refractivity contribution is 0.160. The summed E-state index contributed by atoms with van der Waals surface area (Å²) < 4.78 is 20.0. The molecule has 7 nitrogen and oxygen atoms in total. The average molecular weight is 439 g/mol. The highest BCUT2D eigenvalue weighted by atomic mass is 19.1. The molecule has 2 aromatic heterocycles. The Kier molecular flexibility index (Phi) is 5.67. The van der Waals surface area contributed by atoms with Crippen LogP contribution in [0.3, 0.4) is 0 Å². The maximum Gasteiger partial charge on any atom is 0.151 e. The van der Waals surface area contributed by atoms with Gasteiger partial charge in [-0.2, -0.15) is 0 Å². The number of methoxy groups -OCH3 is 1. The molecule has 4 rings (SSSR count). The molecule has 2 N–H and O–H groups in total. The first-order valence-electron chi connectivity index (χ1n) is 10.8. The number of H-pyrrole nitrogens is 1. The highest BCUT2D eigenvalue weighted by Gasteiger charge is 2.39. The first-order valence-corrected chi connectivity index (χ1v) is 10.8. The average Bonchev–Trinajstić information content (AvgIpc) is 3.25. The number of aromatic amines is 1. The van der Waals surface area contributed by atoms with Crippen molar-refractivity contribution in [1.29, 1.82) is 0 Å². The topological polar surface area (TPSA) is 79.0 Å². The van der Waals surface area contributed by atoms with E-state index >= 15 is 0 Å². The molecule has 32 heavy (non-hydrogen) atoms. The lowest BCUT2D eigenvalue weighted by Crippen LogP contribution is -2.62. The van der Waals surface area contributed by atoms with Crippen molar-refractivity contribution < 1.29 is 9.13 Å². The quantitative estimate of drug-likeness (QED) is 0.614. The number of imidazole rings is 1. The number of hydrogen-bond donors (Lipinski definition) is 2. The standard InChI is InChI=1S/C24H31FN6O/c1-23(2)11-15(12-24(3,4)30-23)31(5)22-8-7-19(28-29-22)17-9-16(20-13-26-14-27-20)18(25)10-21(17)32-6/h7-10,13-15,30H,11-12H2,1-6H3,(H,26,27). The molecule has 3 heterocycles. The summed E-state index contributed by atoms with van der Waals surface area (Å²) in [7, 11) is 3.59. The van der Waals surface area contributed by atoms with Gasteiger partial charge in [0.2, 0.25) is 0 Å². The summed E-state index contributed by atoms with van der Waals surface area (Å²) in [5.74, 6) is 0.804. The Labute approximate surface area is 188 Å². The number of ether oxygens (including phenoxy) is 1. The zero-order valence-electron chi connectivity index (χ0n) is 19.5. The zero-order valence-corrected chi connectivity index (χ0v) is 19.5. The van der Waals surface area contributed by atoms with E-state index in [4.69, 9.17) is 4.74 Å². The highest BCUT2D eigenvalue weighted by Crippen LogP contribution is 2.36. The second kappa shape index (κ2) is 8.16. The Morgan fingerprint density at radius 2 is 1.75 bits per heavy atom. The molecule has 1 saturated heterocycles. The molecule has 3 aromatic rings. The van der Waals surface area contributed by atoms with E-state index in [1.807, 2.05) is 12.1 Å². The number of nitrogens with zero attached hydrogens (tertiary/aromatic N) is 4. The van der Waals surface area contributed by atoms with Gasteiger partial charge in [-0.05, 0) is 58.7 Å². The molecule has 0 radical (unpaired) electrons. The van der Waals surface area contributed by atoms with E-state index in [0.717, 1.165) is 18.7 Å². The van der Waals surface area contributed by atoms with Gasteiger partial charge < -0.3 is 19.9 Å². The van der Waals surface area contributed by atoms with Crippen molar-refractivity contribution in [3.8, 4) is 28.3 Å². The van der Waals surface area contributed by atoms with Crippen LogP contribution in [0.2, 0.25) is 0 Å². The molecule has 0 saturated carbocycles. The Hall–Kier alpha value is -3.00. The molecular formula is C24H31FN6O. The van der Waals surface area contributed by atoms with Crippen molar-refractivity contribution in [3.63, 3.8) is 0 Å². The molecule has 1 fully saturated rings. The predicted octanol–water partition coefficient (Wildman–Crippen LogP) is 4.43. The maximum absolute atomic E-state index is 14.6. The minimum Gasteiger partial charge on any atom is -0.496 e. The second-order valence-corrected chi connectivity index (χ2v) is 9.83. The van der Waals surface area contributed by atoms with E-state index in [-0.39, 0.29) is 11.1 Å². The fourth-order valence-electron chi connectivity index (χ4n) is 4.91. The molecular weight excluding hydrogens is 407 g/mol. The summed E-state index contributed by atoms with van der Waals surface area (Å²) in [5, 5.41) is 12.7. The molecule has 170 valence electrons. The zero-order chi connectivity index (χ0) is 23.1. The Morgan fingerprint density at radius 3 is 2.31 bits per heavy atom. The molecule has 0 bridgehead atoms. The summed E-state index contributed by atoms with van der Waals surface area (Å²) in [6.07, 6.45) is 5.19. The summed E-state index contributed by atoms with van der Waals surface area (Å²) >= 11 is 0. The molecule has 0 amide bonds. The van der Waals surface area contributed by atoms with Crippen molar-refractivity contribution in [3.05, 3.63) is 42.6 Å². The fourth-order valence-corrected chi connectivity index (χ4v) is 4.91. The lowest BCUT2D eigenvalue weighted by atomic mass is 9.79. The van der Waals surface area contributed by atoms with Gasteiger partial charge in [0.1, 0.15) is 11.6 Å². The maximum atomic E-state index is 14.6. The molecule has 8 heteroatoms. The Bertz CT molecular complexity index is 1060. The van der Waals surface area contributed by atoms with Gasteiger partial charge in [-0.25, -0.2) is 9.37 Å². The molecule has 0 spiro atoms. The minimum absolute atomic E-state index is 0.0399. The third-order valence-electron chi connectivity index (χ3n) is 6.07. The van der Waals surface area contributed by atoms with Gasteiger partial charge in [-0.3, -0.25) is 0 Å². The van der Waals surface area contributed by atoms with Crippen molar-refractivity contribution >= 4 is 5.82 Å². The fraction of sp³-hybridized carbons (Fsp3) is 0.458. The number of rotatable bonds is 5. The normalized spacial score (nSPS) is 17.8. The van der Waals surface area contributed by atoms with Gasteiger partial charge >= 0.3 is 0 Å². The first kappa shape index (κ1) is 22.2. The summed E-state index contributed by atoms with van der Waals surface area (Å²) in [4.78, 5) is 9.23. The Morgan fingerprint density at radius 1 is 1.03 bits per heavy atom. The van der Waals surface area contributed by atoms with Gasteiger partial charge in [-0.15, -0.1) is 10.2 Å². The van der Waals surface area contributed by atoms with Crippen LogP contribution in [0.15, 0.2) is 36.8 Å².